The third-order valence-corrected chi connectivity index (χ3v) is 11.2. The molecule has 13 heteroatoms. The Morgan fingerprint density at radius 3 is 1.82 bits per heavy atom. The van der Waals surface area contributed by atoms with Gasteiger partial charge in [-0.25, -0.2) is 14.4 Å². The minimum atomic E-state index is -1.13. The summed E-state index contributed by atoms with van der Waals surface area (Å²) in [4.78, 5) is 65.4. The lowest BCUT2D eigenvalue weighted by Gasteiger charge is -2.23. The maximum Gasteiger partial charge on any atom is 0.347 e. The molecule has 0 spiro atoms. The number of carbonyl (C=O) groups excluding carboxylic acids is 4. The Labute approximate surface area is 337 Å². The summed E-state index contributed by atoms with van der Waals surface area (Å²) in [5, 5.41) is 31.2. The van der Waals surface area contributed by atoms with Crippen molar-refractivity contribution in [1.82, 2.24) is 0 Å². The summed E-state index contributed by atoms with van der Waals surface area (Å²) in [5.41, 5.74) is 4.55. The van der Waals surface area contributed by atoms with Crippen LogP contribution in [0.2, 0.25) is 0 Å². The quantitative estimate of drug-likeness (QED) is 0.108. The Balaban J connectivity index is 1.47. The van der Waals surface area contributed by atoms with Crippen molar-refractivity contribution in [3.05, 3.63) is 119 Å². The van der Waals surface area contributed by atoms with Crippen molar-refractivity contribution in [2.75, 3.05) is 7.11 Å². The Kier molecular flexibility index (Phi) is 11.8. The van der Waals surface area contributed by atoms with Crippen molar-refractivity contribution in [1.29, 1.82) is 0 Å². The Bertz CT molecular complexity index is 2460. The second-order valence-electron chi connectivity index (χ2n) is 13.9. The van der Waals surface area contributed by atoms with Gasteiger partial charge in [0, 0.05) is 11.6 Å². The van der Waals surface area contributed by atoms with Gasteiger partial charge in [-0.3, -0.25) is 9.59 Å². The first-order valence-corrected chi connectivity index (χ1v) is 18.4. The van der Waals surface area contributed by atoms with E-state index >= 15 is 0 Å². The van der Waals surface area contributed by atoms with Crippen LogP contribution in [-0.4, -0.2) is 52.1 Å². The lowest BCUT2D eigenvalue weighted by atomic mass is 9.88. The molecule has 0 saturated heterocycles. The van der Waals surface area contributed by atoms with Gasteiger partial charge < -0.3 is 34.3 Å². The summed E-state index contributed by atoms with van der Waals surface area (Å²) >= 11 is 3.28. The predicted molar refractivity (Wildman–Crippen MR) is 214 cm³/mol. The molecule has 1 atom stereocenters. The number of carboxylic acid groups (broad SMARTS) is 1. The lowest BCUT2D eigenvalue weighted by molar-refractivity contribution is -0.137. The number of ketones is 1. The minimum Gasteiger partial charge on any atom is -0.508 e. The number of allylic oxidation sites excluding steroid dienone is 2. The van der Waals surface area contributed by atoms with Gasteiger partial charge in [-0.05, 0) is 158 Å². The molecule has 0 radical (unpaired) electrons. The first-order valence-electron chi connectivity index (χ1n) is 17.6. The molecule has 1 aliphatic carbocycles. The number of benzene rings is 4. The van der Waals surface area contributed by atoms with Gasteiger partial charge in [0.2, 0.25) is 0 Å². The van der Waals surface area contributed by atoms with Crippen LogP contribution in [0.5, 0.6) is 28.7 Å². The smallest absolute Gasteiger partial charge is 0.347 e. The van der Waals surface area contributed by atoms with Gasteiger partial charge >= 0.3 is 23.9 Å². The van der Waals surface area contributed by atoms with Gasteiger partial charge in [-0.2, -0.15) is 0 Å². The van der Waals surface area contributed by atoms with E-state index in [1.54, 1.807) is 74.4 Å². The summed E-state index contributed by atoms with van der Waals surface area (Å²) in [6.45, 7) is 14.7. The van der Waals surface area contributed by atoms with Crippen LogP contribution >= 0.6 is 15.9 Å². The van der Waals surface area contributed by atoms with E-state index < -0.39 is 35.5 Å². The average molecular weight is 842 g/mol. The zero-order valence-electron chi connectivity index (χ0n) is 33.0. The first-order chi connectivity index (χ1) is 26.7. The van der Waals surface area contributed by atoms with Crippen molar-refractivity contribution in [3.63, 3.8) is 0 Å². The molecule has 296 valence electrons. The predicted octanol–water partition coefficient (Wildman–Crippen LogP) is 8.71. The molecule has 0 saturated carbocycles. The highest BCUT2D eigenvalue weighted by Crippen LogP contribution is 2.45. The van der Waals surface area contributed by atoms with Crippen LogP contribution in [0.3, 0.4) is 0 Å². The maximum absolute atomic E-state index is 14.0. The van der Waals surface area contributed by atoms with Crippen LogP contribution in [-0.2, 0) is 14.3 Å². The molecule has 0 heterocycles. The summed E-state index contributed by atoms with van der Waals surface area (Å²) in [5.74, 6) is -5.07. The van der Waals surface area contributed by atoms with E-state index in [0.717, 1.165) is 0 Å². The summed E-state index contributed by atoms with van der Waals surface area (Å²) in [6, 6.07) is 7.62. The second-order valence-corrected chi connectivity index (χ2v) is 14.7. The number of phenols is 2. The zero-order valence-corrected chi connectivity index (χ0v) is 34.6. The van der Waals surface area contributed by atoms with E-state index in [2.05, 4.69) is 15.9 Å². The third kappa shape index (κ3) is 7.67. The highest BCUT2D eigenvalue weighted by molar-refractivity contribution is 9.10. The van der Waals surface area contributed by atoms with E-state index in [-0.39, 0.29) is 61.3 Å². The molecule has 4 aromatic rings. The molecule has 5 rings (SSSR count). The number of aryl methyl sites for hydroxylation is 1. The number of aromatic hydroxyl groups is 2. The van der Waals surface area contributed by atoms with E-state index in [1.165, 1.54) is 37.5 Å². The summed E-state index contributed by atoms with van der Waals surface area (Å²) in [7, 11) is 1.34. The van der Waals surface area contributed by atoms with Crippen molar-refractivity contribution in [2.45, 2.75) is 62.3 Å². The number of methoxy groups -OCH3 is 1. The summed E-state index contributed by atoms with van der Waals surface area (Å²) < 4.78 is 22.9. The van der Waals surface area contributed by atoms with E-state index in [4.69, 9.17) is 18.9 Å². The highest BCUT2D eigenvalue weighted by Gasteiger charge is 2.34. The fourth-order valence-electron chi connectivity index (χ4n) is 7.03. The number of halogens is 1. The number of phenolic OH excluding ortho intramolecular Hbond substituents is 2. The molecular weight excluding hydrogens is 800 g/mol. The standard InChI is InChI=1S/C44H41BrO12/c1-18-15-29(47)17-31(54-10)33(18)43(52)57-40-25(8)23(6)36(38(48)37(40)45)44(53)55-30-16-19(2)32(21(4)20(30)3)42(51)56-39-24(7)22(5)34(41(49)50)26(9)35(39)27-11-13-28(46)14-12-27/h11-17,33,46,48H,1-10H3,(H,49,50). The lowest BCUT2D eigenvalue weighted by Crippen LogP contribution is -2.28. The van der Waals surface area contributed by atoms with Crippen LogP contribution in [0.25, 0.3) is 11.1 Å². The monoisotopic (exact) mass is 840 g/mol. The van der Waals surface area contributed by atoms with Gasteiger partial charge in [-0.1, -0.05) is 12.1 Å². The normalized spacial score (nSPS) is 13.7. The topological polar surface area (TPSA) is 183 Å². The van der Waals surface area contributed by atoms with Crippen molar-refractivity contribution in [2.24, 2.45) is 5.92 Å². The van der Waals surface area contributed by atoms with Crippen LogP contribution < -0.4 is 14.2 Å². The van der Waals surface area contributed by atoms with Crippen molar-refractivity contribution in [3.8, 4) is 39.9 Å². The minimum absolute atomic E-state index is 0.00733. The van der Waals surface area contributed by atoms with Crippen LogP contribution in [0.4, 0.5) is 0 Å². The zero-order chi connectivity index (χ0) is 42.4. The molecule has 0 bridgehead atoms. The second kappa shape index (κ2) is 16.1. The molecule has 12 nitrogen and oxygen atoms in total. The van der Waals surface area contributed by atoms with Crippen molar-refractivity contribution >= 4 is 45.6 Å². The van der Waals surface area contributed by atoms with Gasteiger partial charge in [-0.15, -0.1) is 0 Å². The van der Waals surface area contributed by atoms with Crippen molar-refractivity contribution < 1.29 is 58.2 Å². The van der Waals surface area contributed by atoms with E-state index in [9.17, 15) is 39.3 Å². The average Bonchev–Trinajstić information content (AvgIpc) is 3.13. The molecule has 0 fully saturated rings. The fourth-order valence-corrected chi connectivity index (χ4v) is 7.61. The number of hydrogen-bond acceptors (Lipinski definition) is 11. The molecule has 0 amide bonds. The molecule has 1 aliphatic rings. The number of esters is 3. The molecule has 0 aliphatic heterocycles. The fraction of sp³-hybridized carbons (Fsp3) is 0.250. The van der Waals surface area contributed by atoms with Crippen LogP contribution in [0.1, 0.15) is 82.5 Å². The molecule has 1 unspecified atom stereocenters. The SMILES string of the molecule is COC1=CC(=O)C=C(C)C1C(=O)Oc1c(C)c(C)c(C(=O)Oc2cc(C)c(C(=O)Oc3c(C)c(C)c(C(=O)O)c(C)c3-c3ccc(O)cc3)c(C)c2C)c(O)c1Br. The summed E-state index contributed by atoms with van der Waals surface area (Å²) in [6.07, 6.45) is 2.50. The number of hydrogen-bond donors (Lipinski definition) is 3. The highest BCUT2D eigenvalue weighted by atomic mass is 79.9. The van der Waals surface area contributed by atoms with E-state index in [0.29, 0.717) is 55.6 Å². The van der Waals surface area contributed by atoms with Crippen LogP contribution in [0.15, 0.2) is 58.3 Å². The van der Waals surface area contributed by atoms with E-state index in [1.807, 2.05) is 0 Å². The van der Waals surface area contributed by atoms with Gasteiger partial charge in [0.25, 0.3) is 0 Å². The molecular formula is C44H41BrO12. The third-order valence-electron chi connectivity index (χ3n) is 10.5. The number of aromatic carboxylic acids is 1. The Morgan fingerprint density at radius 2 is 1.23 bits per heavy atom. The van der Waals surface area contributed by atoms with Crippen LogP contribution in [0, 0.1) is 61.3 Å². The number of rotatable bonds is 9. The largest absolute Gasteiger partial charge is 0.508 e. The Hall–Kier alpha value is -6.21. The Morgan fingerprint density at radius 1 is 0.667 bits per heavy atom. The number of ether oxygens (including phenoxy) is 4. The molecule has 0 aromatic heterocycles. The van der Waals surface area contributed by atoms with Gasteiger partial charge in [0.05, 0.1) is 18.2 Å². The molecule has 57 heavy (non-hydrogen) atoms. The number of carbonyl (C=O) groups is 5. The van der Waals surface area contributed by atoms with Gasteiger partial charge in [0.15, 0.2) is 11.5 Å². The molecule has 3 N–H and O–H groups in total. The first kappa shape index (κ1) is 41.9. The number of carboxylic acids is 1. The van der Waals surface area contributed by atoms with Gasteiger partial charge in [0.1, 0.15) is 44.7 Å². The molecule has 4 aromatic carbocycles. The maximum atomic E-state index is 14.0.